The van der Waals surface area contributed by atoms with E-state index < -0.39 is 29.2 Å². The van der Waals surface area contributed by atoms with E-state index in [1.807, 2.05) is 36.4 Å². The number of nitrogens with zero attached hydrogens (tertiary/aromatic N) is 2. The molecule has 3 aromatic rings. The molecule has 4 nitrogen and oxygen atoms in total. The second kappa shape index (κ2) is 10.4. The number of alkyl halides is 6. The Labute approximate surface area is 227 Å². The molecule has 0 amide bonds. The van der Waals surface area contributed by atoms with Crippen molar-refractivity contribution in [1.29, 1.82) is 0 Å². The molecule has 2 N–H and O–H groups in total. The molecule has 3 saturated heterocycles. The summed E-state index contributed by atoms with van der Waals surface area (Å²) in [7, 11) is 0. The Balaban J connectivity index is 1.48. The van der Waals surface area contributed by atoms with Gasteiger partial charge in [0.05, 0.1) is 22.7 Å². The molecule has 4 heterocycles. The Hall–Kier alpha value is -3.18. The van der Waals surface area contributed by atoms with Crippen LogP contribution in [0, 0.1) is 11.8 Å². The second-order valence-corrected chi connectivity index (χ2v) is 10.4. The first-order chi connectivity index (χ1) is 18.4. The van der Waals surface area contributed by atoms with Crippen molar-refractivity contribution in [2.24, 2.45) is 11.8 Å². The summed E-state index contributed by atoms with van der Waals surface area (Å²) in [4.78, 5) is 6.79. The number of piperidine rings is 3. The van der Waals surface area contributed by atoms with Gasteiger partial charge in [-0.15, -0.1) is 6.58 Å². The van der Waals surface area contributed by atoms with Crippen LogP contribution in [0.4, 0.5) is 32.0 Å². The van der Waals surface area contributed by atoms with Gasteiger partial charge in [0, 0.05) is 29.9 Å². The van der Waals surface area contributed by atoms with Gasteiger partial charge in [0.1, 0.15) is 0 Å². The Kier molecular flexibility index (Phi) is 7.32. The van der Waals surface area contributed by atoms with Crippen LogP contribution in [0.15, 0.2) is 67.4 Å². The summed E-state index contributed by atoms with van der Waals surface area (Å²) in [6.45, 7) is 5.68. The van der Waals surface area contributed by atoms with E-state index in [-0.39, 0.29) is 23.3 Å². The minimum atomic E-state index is -4.96. The van der Waals surface area contributed by atoms with Crippen molar-refractivity contribution in [2.75, 3.05) is 18.4 Å². The van der Waals surface area contributed by atoms with Gasteiger partial charge in [-0.1, -0.05) is 24.3 Å². The van der Waals surface area contributed by atoms with Gasteiger partial charge in [-0.3, -0.25) is 9.88 Å². The normalized spacial score (nSPS) is 23.8. The SMILES string of the molecule is C=CC1CN2CCC1C[C@H]2[C@@H](NC(=S)Nc1cc(C(F)(F)F)cc(C(F)(F)F)c1)c1ccnc2ccccc12. The molecule has 0 saturated carbocycles. The quantitative estimate of drug-likeness (QED) is 0.195. The molecule has 3 unspecified atom stereocenters. The number of anilines is 1. The van der Waals surface area contributed by atoms with Crippen LogP contribution >= 0.6 is 12.2 Å². The summed E-state index contributed by atoms with van der Waals surface area (Å²) in [6, 6.07) is 10.4. The van der Waals surface area contributed by atoms with Crippen LogP contribution in [-0.4, -0.2) is 34.1 Å². The third kappa shape index (κ3) is 5.74. The molecule has 5 atom stereocenters. The van der Waals surface area contributed by atoms with E-state index in [2.05, 4.69) is 27.1 Å². The zero-order valence-electron chi connectivity index (χ0n) is 20.7. The van der Waals surface area contributed by atoms with Crippen LogP contribution in [0.3, 0.4) is 0 Å². The molecule has 3 fully saturated rings. The van der Waals surface area contributed by atoms with Crippen molar-refractivity contribution in [2.45, 2.75) is 37.3 Å². The topological polar surface area (TPSA) is 40.2 Å². The van der Waals surface area contributed by atoms with Crippen molar-refractivity contribution in [3.63, 3.8) is 0 Å². The van der Waals surface area contributed by atoms with Crippen LogP contribution in [0.5, 0.6) is 0 Å². The average Bonchev–Trinajstić information content (AvgIpc) is 2.90. The molecule has 1 aromatic heterocycles. The minimum Gasteiger partial charge on any atom is -0.354 e. The zero-order valence-corrected chi connectivity index (χ0v) is 21.5. The minimum absolute atomic E-state index is 0.00208. The van der Waals surface area contributed by atoms with Gasteiger partial charge in [0.2, 0.25) is 0 Å². The van der Waals surface area contributed by atoms with Gasteiger partial charge < -0.3 is 10.6 Å². The van der Waals surface area contributed by atoms with Crippen LogP contribution in [0.25, 0.3) is 10.9 Å². The van der Waals surface area contributed by atoms with Crippen LogP contribution in [0.2, 0.25) is 0 Å². The van der Waals surface area contributed by atoms with Gasteiger partial charge in [0.15, 0.2) is 5.11 Å². The number of aromatic nitrogens is 1. The maximum Gasteiger partial charge on any atom is 0.416 e. The maximum atomic E-state index is 13.4. The highest BCUT2D eigenvalue weighted by molar-refractivity contribution is 7.80. The second-order valence-electron chi connectivity index (χ2n) is 10.0. The number of hydrogen-bond donors (Lipinski definition) is 2. The molecule has 206 valence electrons. The number of thiocarbonyl (C=S) groups is 1. The highest BCUT2D eigenvalue weighted by atomic mass is 32.1. The van der Waals surface area contributed by atoms with Crippen LogP contribution in [0.1, 0.15) is 35.6 Å². The van der Waals surface area contributed by atoms with Gasteiger partial charge in [0.25, 0.3) is 0 Å². The summed E-state index contributed by atoms with van der Waals surface area (Å²) in [5.41, 5.74) is -1.55. The van der Waals surface area contributed by atoms with E-state index >= 15 is 0 Å². The molecule has 0 aliphatic carbocycles. The molecule has 0 spiro atoms. The number of para-hydroxylation sites is 1. The molecule has 6 rings (SSSR count). The van der Waals surface area contributed by atoms with Crippen LogP contribution in [-0.2, 0) is 12.4 Å². The molecular weight excluding hydrogens is 538 g/mol. The molecule has 2 bridgehead atoms. The lowest BCUT2D eigenvalue weighted by Crippen LogP contribution is -2.57. The van der Waals surface area contributed by atoms with Gasteiger partial charge in [-0.25, -0.2) is 0 Å². The third-order valence-corrected chi connectivity index (χ3v) is 7.91. The van der Waals surface area contributed by atoms with Crippen molar-refractivity contribution in [3.8, 4) is 0 Å². The number of rotatable bonds is 5. The van der Waals surface area contributed by atoms with E-state index in [0.29, 0.717) is 24.0 Å². The number of halogens is 6. The fourth-order valence-electron chi connectivity index (χ4n) is 5.83. The lowest BCUT2D eigenvalue weighted by Gasteiger charge is -2.52. The maximum absolute atomic E-state index is 13.4. The van der Waals surface area contributed by atoms with Gasteiger partial charge in [-0.05, 0) is 79.3 Å². The Morgan fingerprint density at radius 1 is 1.05 bits per heavy atom. The zero-order chi connectivity index (χ0) is 27.9. The lowest BCUT2D eigenvalue weighted by atomic mass is 9.73. The van der Waals surface area contributed by atoms with E-state index in [9.17, 15) is 26.3 Å². The predicted octanol–water partition coefficient (Wildman–Crippen LogP) is 7.20. The van der Waals surface area contributed by atoms with E-state index in [0.717, 1.165) is 42.4 Å². The summed E-state index contributed by atoms with van der Waals surface area (Å²) >= 11 is 5.47. The molecule has 2 aromatic carbocycles. The smallest absolute Gasteiger partial charge is 0.354 e. The monoisotopic (exact) mass is 564 g/mol. The number of benzene rings is 2. The summed E-state index contributed by atoms with van der Waals surface area (Å²) < 4.78 is 80.3. The summed E-state index contributed by atoms with van der Waals surface area (Å²) in [6.07, 6.45) is -4.37. The molecule has 0 radical (unpaired) electrons. The highest BCUT2D eigenvalue weighted by Crippen LogP contribution is 2.42. The summed E-state index contributed by atoms with van der Waals surface area (Å²) in [5.74, 6) is 0.787. The predicted molar refractivity (Wildman–Crippen MR) is 142 cm³/mol. The number of hydrogen-bond acceptors (Lipinski definition) is 3. The molecule has 3 aliphatic rings. The Morgan fingerprint density at radius 3 is 2.36 bits per heavy atom. The van der Waals surface area contributed by atoms with E-state index in [4.69, 9.17) is 12.2 Å². The number of pyridine rings is 1. The number of fused-ring (bicyclic) bond motifs is 4. The largest absolute Gasteiger partial charge is 0.416 e. The standard InChI is InChI=1S/C28H26F6N4S/c1-2-16-15-38-10-8-17(16)11-24(38)25(22-7-9-35-23-6-4-3-5-21(22)23)37-26(39)36-20-13-18(27(29,30)31)12-19(14-20)28(32,33)34/h2-7,9,12-14,16-17,24-25H,1,8,10-11,15H2,(H2,36,37,39)/t16?,17?,24-,25-/m0/s1. The fourth-order valence-corrected chi connectivity index (χ4v) is 6.07. The van der Waals surface area contributed by atoms with Crippen molar-refractivity contribution in [1.82, 2.24) is 15.2 Å². The van der Waals surface area contributed by atoms with E-state index in [1.165, 1.54) is 0 Å². The Morgan fingerprint density at radius 2 is 1.74 bits per heavy atom. The highest BCUT2D eigenvalue weighted by Gasteiger charge is 2.43. The van der Waals surface area contributed by atoms with E-state index in [1.54, 1.807) is 6.20 Å². The van der Waals surface area contributed by atoms with Crippen LogP contribution < -0.4 is 10.6 Å². The molecular formula is C28H26F6N4S. The van der Waals surface area contributed by atoms with Crippen molar-refractivity contribution >= 4 is 33.9 Å². The molecule has 3 aliphatic heterocycles. The molecule has 39 heavy (non-hydrogen) atoms. The lowest BCUT2D eigenvalue weighted by molar-refractivity contribution is -0.143. The Bertz CT molecular complexity index is 1350. The van der Waals surface area contributed by atoms with Gasteiger partial charge in [-0.2, -0.15) is 26.3 Å². The fraction of sp³-hybridized carbons (Fsp3) is 0.357. The van der Waals surface area contributed by atoms with Crippen molar-refractivity contribution in [3.05, 3.63) is 84.1 Å². The first-order valence-electron chi connectivity index (χ1n) is 12.5. The molecule has 11 heteroatoms. The van der Waals surface area contributed by atoms with Crippen molar-refractivity contribution < 1.29 is 26.3 Å². The average molecular weight is 565 g/mol. The first kappa shape index (κ1) is 27.4. The summed E-state index contributed by atoms with van der Waals surface area (Å²) in [5, 5.41) is 6.65. The number of nitrogens with one attached hydrogen (secondary N) is 2. The third-order valence-electron chi connectivity index (χ3n) is 7.69. The van der Waals surface area contributed by atoms with Gasteiger partial charge >= 0.3 is 12.4 Å². The first-order valence-corrected chi connectivity index (χ1v) is 12.9.